The SMILES string of the molecule is SCCN1CCN(C2CCCCC2)CC1. The number of thiol groups is 1. The highest BCUT2D eigenvalue weighted by Crippen LogP contribution is 2.23. The Morgan fingerprint density at radius 2 is 1.60 bits per heavy atom. The molecule has 0 N–H and O–H groups in total. The minimum Gasteiger partial charge on any atom is -0.300 e. The molecule has 0 spiro atoms. The van der Waals surface area contributed by atoms with E-state index in [1.54, 1.807) is 0 Å². The Balaban J connectivity index is 1.72. The minimum atomic E-state index is 0.914. The molecule has 0 aromatic carbocycles. The molecule has 0 bridgehead atoms. The van der Waals surface area contributed by atoms with Gasteiger partial charge in [-0.2, -0.15) is 12.6 Å². The van der Waals surface area contributed by atoms with E-state index in [0.717, 1.165) is 11.8 Å². The van der Waals surface area contributed by atoms with Gasteiger partial charge in [0.2, 0.25) is 0 Å². The highest BCUT2D eigenvalue weighted by molar-refractivity contribution is 7.80. The lowest BCUT2D eigenvalue weighted by atomic mass is 9.94. The summed E-state index contributed by atoms with van der Waals surface area (Å²) in [6.07, 6.45) is 7.29. The average Bonchev–Trinajstić information content (AvgIpc) is 2.32. The summed E-state index contributed by atoms with van der Waals surface area (Å²) in [4.78, 5) is 5.28. The zero-order valence-electron chi connectivity index (χ0n) is 9.70. The van der Waals surface area contributed by atoms with Gasteiger partial charge in [0.1, 0.15) is 0 Å². The van der Waals surface area contributed by atoms with Crippen molar-refractivity contribution in [2.75, 3.05) is 38.5 Å². The topological polar surface area (TPSA) is 6.48 Å². The van der Waals surface area contributed by atoms with Crippen molar-refractivity contribution in [1.82, 2.24) is 9.80 Å². The van der Waals surface area contributed by atoms with Crippen molar-refractivity contribution in [3.63, 3.8) is 0 Å². The molecule has 1 saturated heterocycles. The number of rotatable bonds is 3. The maximum Gasteiger partial charge on any atom is 0.0113 e. The van der Waals surface area contributed by atoms with E-state index in [0.29, 0.717) is 0 Å². The van der Waals surface area contributed by atoms with Crippen molar-refractivity contribution in [2.24, 2.45) is 0 Å². The smallest absolute Gasteiger partial charge is 0.0113 e. The molecule has 2 fully saturated rings. The molecule has 0 aromatic rings. The standard InChI is InChI=1S/C12H24N2S/c15-11-10-13-6-8-14(9-7-13)12-4-2-1-3-5-12/h12,15H,1-11H2. The van der Waals surface area contributed by atoms with Crippen molar-refractivity contribution >= 4 is 12.6 Å². The van der Waals surface area contributed by atoms with Crippen LogP contribution in [0.3, 0.4) is 0 Å². The Hall–Kier alpha value is 0.270. The molecule has 1 aliphatic heterocycles. The predicted octanol–water partition coefficient (Wildman–Crippen LogP) is 1.87. The van der Waals surface area contributed by atoms with Crippen LogP contribution in [0.2, 0.25) is 0 Å². The Morgan fingerprint density at radius 3 is 2.20 bits per heavy atom. The van der Waals surface area contributed by atoms with Crippen LogP contribution in [0.4, 0.5) is 0 Å². The fraction of sp³-hybridized carbons (Fsp3) is 1.00. The Morgan fingerprint density at radius 1 is 0.933 bits per heavy atom. The zero-order valence-corrected chi connectivity index (χ0v) is 10.6. The Labute approximate surface area is 99.4 Å². The lowest BCUT2D eigenvalue weighted by molar-refractivity contribution is 0.0823. The number of hydrogen-bond acceptors (Lipinski definition) is 3. The maximum absolute atomic E-state index is 4.30. The fourth-order valence-electron chi connectivity index (χ4n) is 2.94. The molecule has 0 aromatic heterocycles. The summed E-state index contributed by atoms with van der Waals surface area (Å²) in [5, 5.41) is 0. The average molecular weight is 228 g/mol. The van der Waals surface area contributed by atoms with Crippen LogP contribution in [0.5, 0.6) is 0 Å². The van der Waals surface area contributed by atoms with Crippen molar-refractivity contribution in [3.05, 3.63) is 0 Å². The van der Waals surface area contributed by atoms with Crippen LogP contribution in [-0.2, 0) is 0 Å². The van der Waals surface area contributed by atoms with Crippen LogP contribution >= 0.6 is 12.6 Å². The van der Waals surface area contributed by atoms with Gasteiger partial charge >= 0.3 is 0 Å². The first-order chi connectivity index (χ1) is 7.40. The number of nitrogens with zero attached hydrogens (tertiary/aromatic N) is 2. The molecule has 1 aliphatic carbocycles. The monoisotopic (exact) mass is 228 g/mol. The van der Waals surface area contributed by atoms with Gasteiger partial charge in [0.25, 0.3) is 0 Å². The lowest BCUT2D eigenvalue weighted by Crippen LogP contribution is -2.51. The first-order valence-electron chi connectivity index (χ1n) is 6.47. The molecule has 0 unspecified atom stereocenters. The third kappa shape index (κ3) is 3.36. The van der Waals surface area contributed by atoms with Crippen LogP contribution in [0.15, 0.2) is 0 Å². The van der Waals surface area contributed by atoms with Crippen LogP contribution in [0.1, 0.15) is 32.1 Å². The van der Waals surface area contributed by atoms with Gasteiger partial charge < -0.3 is 0 Å². The van der Waals surface area contributed by atoms with E-state index in [-0.39, 0.29) is 0 Å². The second-order valence-corrected chi connectivity index (χ2v) is 5.34. The van der Waals surface area contributed by atoms with E-state index in [4.69, 9.17) is 0 Å². The van der Waals surface area contributed by atoms with E-state index in [1.807, 2.05) is 0 Å². The summed E-state index contributed by atoms with van der Waals surface area (Å²) in [5.41, 5.74) is 0. The largest absolute Gasteiger partial charge is 0.300 e. The summed E-state index contributed by atoms with van der Waals surface area (Å²) in [5.74, 6) is 1.00. The van der Waals surface area contributed by atoms with Gasteiger partial charge in [0, 0.05) is 44.5 Å². The third-order valence-corrected chi connectivity index (χ3v) is 4.11. The van der Waals surface area contributed by atoms with Crippen LogP contribution in [0, 0.1) is 0 Å². The van der Waals surface area contributed by atoms with E-state index in [9.17, 15) is 0 Å². The molecule has 0 amide bonds. The third-order valence-electron chi connectivity index (χ3n) is 3.91. The summed E-state index contributed by atoms with van der Waals surface area (Å²) >= 11 is 4.30. The second-order valence-electron chi connectivity index (χ2n) is 4.89. The van der Waals surface area contributed by atoms with E-state index < -0.39 is 0 Å². The molecule has 1 saturated carbocycles. The first kappa shape index (κ1) is 11.7. The summed E-state index contributed by atoms with van der Waals surface area (Å²) in [7, 11) is 0. The Bertz CT molecular complexity index is 172. The van der Waals surface area contributed by atoms with Crippen molar-refractivity contribution in [2.45, 2.75) is 38.1 Å². The fourth-order valence-corrected chi connectivity index (χ4v) is 3.22. The molecule has 0 atom stereocenters. The molecule has 2 rings (SSSR count). The van der Waals surface area contributed by atoms with Gasteiger partial charge in [0.05, 0.1) is 0 Å². The molecule has 0 radical (unpaired) electrons. The van der Waals surface area contributed by atoms with Crippen molar-refractivity contribution in [1.29, 1.82) is 0 Å². The van der Waals surface area contributed by atoms with Crippen molar-refractivity contribution < 1.29 is 0 Å². The van der Waals surface area contributed by atoms with Crippen LogP contribution in [0.25, 0.3) is 0 Å². The highest BCUT2D eigenvalue weighted by Gasteiger charge is 2.24. The maximum atomic E-state index is 4.30. The molecular weight excluding hydrogens is 204 g/mol. The van der Waals surface area contributed by atoms with Crippen LogP contribution < -0.4 is 0 Å². The molecule has 2 nitrogen and oxygen atoms in total. The van der Waals surface area contributed by atoms with Gasteiger partial charge in [0.15, 0.2) is 0 Å². The molecular formula is C12H24N2S. The molecule has 1 heterocycles. The van der Waals surface area contributed by atoms with Crippen molar-refractivity contribution in [3.8, 4) is 0 Å². The molecule has 2 aliphatic rings. The highest BCUT2D eigenvalue weighted by atomic mass is 32.1. The number of hydrogen-bond donors (Lipinski definition) is 1. The quantitative estimate of drug-likeness (QED) is 0.737. The normalized spacial score (nSPS) is 27.0. The van der Waals surface area contributed by atoms with Gasteiger partial charge in [-0.3, -0.25) is 9.80 Å². The molecule has 15 heavy (non-hydrogen) atoms. The van der Waals surface area contributed by atoms with Gasteiger partial charge in [-0.1, -0.05) is 19.3 Å². The molecule has 88 valence electrons. The van der Waals surface area contributed by atoms with E-state index in [2.05, 4.69) is 22.4 Å². The number of piperazine rings is 1. The predicted molar refractivity (Wildman–Crippen MR) is 68.7 cm³/mol. The summed E-state index contributed by atoms with van der Waals surface area (Å²) < 4.78 is 0. The van der Waals surface area contributed by atoms with Gasteiger partial charge in [-0.25, -0.2) is 0 Å². The summed E-state index contributed by atoms with van der Waals surface area (Å²) in [6, 6.07) is 0.914. The minimum absolute atomic E-state index is 0.914. The zero-order chi connectivity index (χ0) is 10.5. The lowest BCUT2D eigenvalue weighted by Gasteiger charge is -2.40. The van der Waals surface area contributed by atoms with Gasteiger partial charge in [-0.05, 0) is 12.8 Å². The van der Waals surface area contributed by atoms with E-state index in [1.165, 1.54) is 64.8 Å². The van der Waals surface area contributed by atoms with Gasteiger partial charge in [-0.15, -0.1) is 0 Å². The second kappa shape index (κ2) is 6.12. The van der Waals surface area contributed by atoms with Crippen LogP contribution in [-0.4, -0.2) is 54.3 Å². The summed E-state index contributed by atoms with van der Waals surface area (Å²) in [6.45, 7) is 6.27. The molecule has 3 heteroatoms. The first-order valence-corrected chi connectivity index (χ1v) is 7.10. The Kier molecular flexibility index (Phi) is 4.79. The van der Waals surface area contributed by atoms with E-state index >= 15 is 0 Å².